The van der Waals surface area contributed by atoms with Crippen LogP contribution in [0.5, 0.6) is 0 Å². The van der Waals surface area contributed by atoms with Crippen LogP contribution in [0.3, 0.4) is 0 Å². The van der Waals surface area contributed by atoms with Crippen molar-refractivity contribution >= 4 is 16.8 Å². The van der Waals surface area contributed by atoms with Crippen LogP contribution in [0.1, 0.15) is 0 Å². The predicted molar refractivity (Wildman–Crippen MR) is 32.0 cm³/mol. The zero-order valence-corrected chi connectivity index (χ0v) is 5.37. The number of hydrogen-bond acceptors (Lipinski definition) is 4. The van der Waals surface area contributed by atoms with Crippen molar-refractivity contribution in [2.75, 3.05) is 5.75 Å². The van der Waals surface area contributed by atoms with E-state index >= 15 is 0 Å². The van der Waals surface area contributed by atoms with Gasteiger partial charge in [-0.1, -0.05) is 0 Å². The molecule has 5 nitrogen and oxygen atoms in total. The van der Waals surface area contributed by atoms with Crippen molar-refractivity contribution in [2.24, 2.45) is 4.99 Å². The quantitative estimate of drug-likeness (QED) is 0.397. The van der Waals surface area contributed by atoms with Gasteiger partial charge < -0.3 is 5.11 Å². The van der Waals surface area contributed by atoms with Crippen molar-refractivity contribution in [3.8, 4) is 0 Å². The maximum atomic E-state index is 9.91. The molecule has 9 heavy (non-hydrogen) atoms. The van der Waals surface area contributed by atoms with Crippen LogP contribution in [0, 0.1) is 0 Å². The van der Waals surface area contributed by atoms with E-state index in [9.17, 15) is 8.42 Å². The van der Waals surface area contributed by atoms with Gasteiger partial charge in [0.25, 0.3) is 10.1 Å². The molecule has 0 heterocycles. The summed E-state index contributed by atoms with van der Waals surface area (Å²) in [6.07, 6.45) is -1.43. The summed E-state index contributed by atoms with van der Waals surface area (Å²) in [5.41, 5.74) is 0. The standard InChI is InChI=1S/C3H7NO4S/c1-4-3(5)2-9(6,7)8/h3,5H,1-2H2,(H,6,7,8). The topological polar surface area (TPSA) is 87.0 Å². The SMILES string of the molecule is C=NC(O)CS(=O)(=O)O. The smallest absolute Gasteiger partial charge is 0.269 e. The van der Waals surface area contributed by atoms with Gasteiger partial charge in [-0.3, -0.25) is 9.55 Å². The van der Waals surface area contributed by atoms with Crippen LogP contribution in [0.25, 0.3) is 0 Å². The van der Waals surface area contributed by atoms with E-state index in [1.807, 2.05) is 0 Å². The fourth-order valence-corrected chi connectivity index (χ4v) is 0.723. The van der Waals surface area contributed by atoms with E-state index in [0.717, 1.165) is 0 Å². The summed E-state index contributed by atoms with van der Waals surface area (Å²) in [4.78, 5) is 2.94. The average molecular weight is 153 g/mol. The molecule has 2 N–H and O–H groups in total. The van der Waals surface area contributed by atoms with Crippen LogP contribution >= 0.6 is 0 Å². The molecule has 1 atom stereocenters. The number of aliphatic imine (C=N–C) groups is 1. The lowest BCUT2D eigenvalue weighted by molar-refractivity contribution is 0.206. The number of nitrogens with zero attached hydrogens (tertiary/aromatic N) is 1. The van der Waals surface area contributed by atoms with E-state index in [1.165, 1.54) is 0 Å². The van der Waals surface area contributed by atoms with Gasteiger partial charge in [-0.2, -0.15) is 8.42 Å². The Bertz CT molecular complexity index is 184. The summed E-state index contributed by atoms with van der Waals surface area (Å²) in [6.45, 7) is 2.87. The van der Waals surface area contributed by atoms with E-state index < -0.39 is 22.1 Å². The lowest BCUT2D eigenvalue weighted by Gasteiger charge is -1.98. The molecule has 0 aromatic carbocycles. The van der Waals surface area contributed by atoms with Gasteiger partial charge in [0.15, 0.2) is 6.23 Å². The third kappa shape index (κ3) is 5.41. The molecule has 6 heteroatoms. The van der Waals surface area contributed by atoms with Crippen molar-refractivity contribution in [3.63, 3.8) is 0 Å². The number of hydrogen-bond donors (Lipinski definition) is 2. The molecule has 0 aliphatic carbocycles. The van der Waals surface area contributed by atoms with E-state index in [4.69, 9.17) is 9.66 Å². The molecular formula is C3H7NO4S. The van der Waals surface area contributed by atoms with Gasteiger partial charge >= 0.3 is 0 Å². The minimum Gasteiger partial charge on any atom is -0.371 e. The Labute approximate surface area is 52.8 Å². The fraction of sp³-hybridized carbons (Fsp3) is 0.667. The van der Waals surface area contributed by atoms with Crippen LogP contribution in [-0.4, -0.2) is 36.8 Å². The molecule has 1 unspecified atom stereocenters. The van der Waals surface area contributed by atoms with E-state index in [1.54, 1.807) is 0 Å². The van der Waals surface area contributed by atoms with E-state index in [0.29, 0.717) is 0 Å². The third-order valence-corrected chi connectivity index (χ3v) is 1.29. The van der Waals surface area contributed by atoms with Gasteiger partial charge in [0.1, 0.15) is 5.75 Å². The van der Waals surface area contributed by atoms with Crippen molar-refractivity contribution in [3.05, 3.63) is 0 Å². The van der Waals surface area contributed by atoms with Crippen LogP contribution in [-0.2, 0) is 10.1 Å². The largest absolute Gasteiger partial charge is 0.371 e. The summed E-state index contributed by atoms with van der Waals surface area (Å²) >= 11 is 0. The highest BCUT2D eigenvalue weighted by Gasteiger charge is 2.10. The maximum Gasteiger partial charge on any atom is 0.269 e. The molecule has 0 aliphatic rings. The Hall–Kier alpha value is -0.460. The zero-order chi connectivity index (χ0) is 7.49. The van der Waals surface area contributed by atoms with Crippen LogP contribution < -0.4 is 0 Å². The Balaban J connectivity index is 3.89. The second-order valence-corrected chi connectivity index (χ2v) is 2.91. The number of rotatable bonds is 3. The molecule has 0 saturated heterocycles. The number of aliphatic hydroxyl groups is 1. The van der Waals surface area contributed by atoms with E-state index in [-0.39, 0.29) is 0 Å². The molecule has 0 aromatic rings. The first kappa shape index (κ1) is 8.54. The highest BCUT2D eigenvalue weighted by atomic mass is 32.2. The predicted octanol–water partition coefficient (Wildman–Crippen LogP) is -1.11. The highest BCUT2D eigenvalue weighted by Crippen LogP contribution is 1.89. The van der Waals surface area contributed by atoms with Gasteiger partial charge in [0.2, 0.25) is 0 Å². The van der Waals surface area contributed by atoms with Gasteiger partial charge in [-0.15, -0.1) is 0 Å². The first-order valence-electron chi connectivity index (χ1n) is 2.05. The molecule has 54 valence electrons. The molecule has 0 fully saturated rings. The average Bonchev–Trinajstić information content (AvgIpc) is 1.62. The van der Waals surface area contributed by atoms with Crippen molar-refractivity contribution in [1.29, 1.82) is 0 Å². The Morgan fingerprint density at radius 3 is 2.22 bits per heavy atom. The molecule has 0 aliphatic heterocycles. The molecule has 0 radical (unpaired) electrons. The zero-order valence-electron chi connectivity index (χ0n) is 4.56. The summed E-state index contributed by atoms with van der Waals surface area (Å²) in [5.74, 6) is -0.795. The molecular weight excluding hydrogens is 146 g/mol. The Kier molecular flexibility index (Phi) is 2.75. The summed E-state index contributed by atoms with van der Waals surface area (Å²) in [6, 6.07) is 0. The van der Waals surface area contributed by atoms with Crippen molar-refractivity contribution < 1.29 is 18.1 Å². The molecule has 0 amide bonds. The first-order chi connectivity index (χ1) is 3.95. The molecule has 0 saturated carbocycles. The second kappa shape index (κ2) is 2.90. The Morgan fingerprint density at radius 1 is 1.67 bits per heavy atom. The van der Waals surface area contributed by atoms with Gasteiger partial charge in [0, 0.05) is 0 Å². The fourth-order valence-electron chi connectivity index (χ4n) is 0.241. The molecule has 0 aromatic heterocycles. The van der Waals surface area contributed by atoms with Crippen LogP contribution in [0.15, 0.2) is 4.99 Å². The van der Waals surface area contributed by atoms with Gasteiger partial charge in [0.05, 0.1) is 0 Å². The monoisotopic (exact) mass is 153 g/mol. The lowest BCUT2D eigenvalue weighted by atomic mass is 10.7. The van der Waals surface area contributed by atoms with Gasteiger partial charge in [-0.25, -0.2) is 0 Å². The minimum atomic E-state index is -4.12. The maximum absolute atomic E-state index is 9.91. The number of aliphatic hydroxyl groups excluding tert-OH is 1. The van der Waals surface area contributed by atoms with Gasteiger partial charge in [-0.05, 0) is 6.72 Å². The second-order valence-electron chi connectivity index (χ2n) is 1.41. The Morgan fingerprint density at radius 2 is 2.11 bits per heavy atom. The minimum absolute atomic E-state index is 0.795. The van der Waals surface area contributed by atoms with E-state index in [2.05, 4.69) is 11.7 Å². The van der Waals surface area contributed by atoms with Crippen LogP contribution in [0.4, 0.5) is 0 Å². The molecule has 0 spiro atoms. The molecule has 0 bridgehead atoms. The normalized spacial score (nSPS) is 14.9. The van der Waals surface area contributed by atoms with Crippen LogP contribution in [0.2, 0.25) is 0 Å². The lowest BCUT2D eigenvalue weighted by Crippen LogP contribution is -2.17. The highest BCUT2D eigenvalue weighted by molar-refractivity contribution is 7.85. The summed E-state index contributed by atoms with van der Waals surface area (Å²) in [5, 5.41) is 8.43. The first-order valence-corrected chi connectivity index (χ1v) is 3.65. The summed E-state index contributed by atoms with van der Waals surface area (Å²) in [7, 11) is -4.12. The van der Waals surface area contributed by atoms with Crippen molar-refractivity contribution in [2.45, 2.75) is 6.23 Å². The molecule has 0 rings (SSSR count). The van der Waals surface area contributed by atoms with Crippen molar-refractivity contribution in [1.82, 2.24) is 0 Å². The summed E-state index contributed by atoms with van der Waals surface area (Å²) < 4.78 is 27.9. The third-order valence-electron chi connectivity index (χ3n) is 0.570.